The molecule has 0 spiro atoms. The number of aromatic nitrogens is 2. The van der Waals surface area contributed by atoms with Crippen LogP contribution in [0.2, 0.25) is 10.0 Å². The Kier molecular flexibility index (Phi) is 8.45. The van der Waals surface area contributed by atoms with Gasteiger partial charge in [0.2, 0.25) is 0 Å². The summed E-state index contributed by atoms with van der Waals surface area (Å²) >= 11 is 12.3. The van der Waals surface area contributed by atoms with E-state index in [1.165, 1.54) is 0 Å². The van der Waals surface area contributed by atoms with Crippen LogP contribution in [0, 0.1) is 0 Å². The van der Waals surface area contributed by atoms with Crippen LogP contribution in [-0.4, -0.2) is 28.6 Å². The summed E-state index contributed by atoms with van der Waals surface area (Å²) in [5.41, 5.74) is 2.60. The highest BCUT2D eigenvalue weighted by Crippen LogP contribution is 2.24. The second-order valence-corrected chi connectivity index (χ2v) is 8.81. The van der Waals surface area contributed by atoms with Crippen LogP contribution in [0.4, 0.5) is 0 Å². The maximum atomic E-state index is 12.3. The van der Waals surface area contributed by atoms with Crippen molar-refractivity contribution in [2.45, 2.75) is 32.2 Å². The molecule has 0 aliphatic carbocycles. The van der Waals surface area contributed by atoms with E-state index >= 15 is 0 Å². The van der Waals surface area contributed by atoms with E-state index < -0.39 is 0 Å². The number of para-hydroxylation sites is 3. The van der Waals surface area contributed by atoms with Crippen LogP contribution >= 0.6 is 23.2 Å². The van der Waals surface area contributed by atoms with Crippen LogP contribution in [0.3, 0.4) is 0 Å². The average molecular weight is 496 g/mol. The van der Waals surface area contributed by atoms with Crippen LogP contribution in [-0.2, 0) is 13.0 Å². The number of aryl methyl sites for hydroxylation is 1. The number of amides is 1. The van der Waals surface area contributed by atoms with Crippen LogP contribution in [0.1, 0.15) is 35.4 Å². The Morgan fingerprint density at radius 1 is 0.882 bits per heavy atom. The van der Waals surface area contributed by atoms with Gasteiger partial charge in [0, 0.05) is 13.0 Å². The van der Waals surface area contributed by atoms with Crippen molar-refractivity contribution < 1.29 is 9.53 Å². The topological polar surface area (TPSA) is 56.2 Å². The molecule has 3 aromatic carbocycles. The summed E-state index contributed by atoms with van der Waals surface area (Å²) in [5, 5.41) is 4.03. The van der Waals surface area contributed by atoms with E-state index in [2.05, 4.69) is 16.0 Å². The lowest BCUT2D eigenvalue weighted by molar-refractivity contribution is 0.0953. The van der Waals surface area contributed by atoms with E-state index in [1.54, 1.807) is 12.1 Å². The first-order chi connectivity index (χ1) is 16.6. The van der Waals surface area contributed by atoms with Gasteiger partial charge < -0.3 is 14.6 Å². The van der Waals surface area contributed by atoms with Gasteiger partial charge in [-0.3, -0.25) is 4.79 Å². The third kappa shape index (κ3) is 6.10. The molecule has 1 amide bonds. The first-order valence-electron chi connectivity index (χ1n) is 11.5. The number of imidazole rings is 1. The summed E-state index contributed by atoms with van der Waals surface area (Å²) in [6.45, 7) is 1.81. The van der Waals surface area contributed by atoms with Crippen molar-refractivity contribution in [3.05, 3.63) is 94.2 Å². The highest BCUT2D eigenvalue weighted by molar-refractivity contribution is 6.33. The lowest BCUT2D eigenvalue weighted by Crippen LogP contribution is -2.24. The Morgan fingerprint density at radius 2 is 1.62 bits per heavy atom. The largest absolute Gasteiger partial charge is 0.490 e. The monoisotopic (exact) mass is 495 g/mol. The van der Waals surface area contributed by atoms with Crippen LogP contribution in [0.5, 0.6) is 5.75 Å². The summed E-state index contributed by atoms with van der Waals surface area (Å²) in [7, 11) is 0. The Hall–Kier alpha value is -3.02. The summed E-state index contributed by atoms with van der Waals surface area (Å²) in [4.78, 5) is 17.1. The van der Waals surface area contributed by atoms with E-state index in [1.807, 2.05) is 54.6 Å². The van der Waals surface area contributed by atoms with Crippen molar-refractivity contribution >= 4 is 40.1 Å². The van der Waals surface area contributed by atoms with Gasteiger partial charge in [0.05, 0.1) is 33.2 Å². The van der Waals surface area contributed by atoms with Gasteiger partial charge in [-0.05, 0) is 49.2 Å². The van der Waals surface area contributed by atoms with E-state index in [0.29, 0.717) is 41.1 Å². The van der Waals surface area contributed by atoms with Crippen molar-refractivity contribution in [1.82, 2.24) is 14.9 Å². The maximum absolute atomic E-state index is 12.3. The predicted octanol–water partition coefficient (Wildman–Crippen LogP) is 6.56. The predicted molar refractivity (Wildman–Crippen MR) is 138 cm³/mol. The molecule has 4 rings (SSSR count). The molecule has 0 saturated carbocycles. The first-order valence-corrected chi connectivity index (χ1v) is 12.2. The van der Waals surface area contributed by atoms with Gasteiger partial charge in [0.25, 0.3) is 5.91 Å². The van der Waals surface area contributed by atoms with Crippen molar-refractivity contribution in [3.8, 4) is 5.75 Å². The fourth-order valence-corrected chi connectivity index (χ4v) is 4.31. The number of nitrogens with zero attached hydrogens (tertiary/aromatic N) is 2. The summed E-state index contributed by atoms with van der Waals surface area (Å²) in [6.07, 6.45) is 3.73. The number of rotatable bonds is 11. The Balaban J connectivity index is 1.28. The third-order valence-electron chi connectivity index (χ3n) is 5.62. The van der Waals surface area contributed by atoms with Gasteiger partial charge in [-0.1, -0.05) is 66.0 Å². The number of benzene rings is 3. The number of fused-ring (bicyclic) bond motifs is 1. The highest BCUT2D eigenvalue weighted by atomic mass is 35.5. The number of unbranched alkanes of at least 4 members (excludes halogenated alkanes) is 2. The SMILES string of the molecule is O=C(NCCCCCc1nc2ccccc2n1CCOc1ccccc1Cl)c1ccccc1Cl. The number of halogens is 2. The molecule has 176 valence electrons. The minimum atomic E-state index is -0.133. The summed E-state index contributed by atoms with van der Waals surface area (Å²) in [6, 6.07) is 22.7. The van der Waals surface area contributed by atoms with E-state index in [-0.39, 0.29) is 5.91 Å². The molecular weight excluding hydrogens is 469 g/mol. The van der Waals surface area contributed by atoms with Gasteiger partial charge in [-0.25, -0.2) is 4.98 Å². The molecule has 0 aliphatic rings. The smallest absolute Gasteiger partial charge is 0.252 e. The quantitative estimate of drug-likeness (QED) is 0.239. The molecule has 7 heteroatoms. The van der Waals surface area contributed by atoms with E-state index in [4.69, 9.17) is 32.9 Å². The Morgan fingerprint density at radius 3 is 2.44 bits per heavy atom. The lowest BCUT2D eigenvalue weighted by Gasteiger charge is -2.12. The Bertz CT molecular complexity index is 1260. The molecule has 0 aliphatic heterocycles. The van der Waals surface area contributed by atoms with Crippen LogP contribution < -0.4 is 10.1 Å². The number of hydrogen-bond donors (Lipinski definition) is 1. The standard InChI is InChI=1S/C27H27Cl2N3O2/c28-21-11-4-3-10-20(21)27(33)30-17-9-1-2-16-26-31-23-13-6-7-14-24(23)32(26)18-19-34-25-15-8-5-12-22(25)29/h3-8,10-15H,1-2,9,16-19H2,(H,30,33). The number of hydrogen-bond acceptors (Lipinski definition) is 3. The van der Waals surface area contributed by atoms with Gasteiger partial charge in [0.1, 0.15) is 18.2 Å². The summed E-state index contributed by atoms with van der Waals surface area (Å²) < 4.78 is 8.14. The average Bonchev–Trinajstić information content (AvgIpc) is 3.20. The molecule has 4 aromatic rings. The molecule has 0 fully saturated rings. The van der Waals surface area contributed by atoms with Crippen LogP contribution in [0.15, 0.2) is 72.8 Å². The minimum absolute atomic E-state index is 0.133. The molecule has 1 heterocycles. The van der Waals surface area contributed by atoms with Gasteiger partial charge in [-0.2, -0.15) is 0 Å². The molecule has 34 heavy (non-hydrogen) atoms. The molecular formula is C27H27Cl2N3O2. The Labute approximate surface area is 209 Å². The van der Waals surface area contributed by atoms with E-state index in [9.17, 15) is 4.79 Å². The zero-order chi connectivity index (χ0) is 23.8. The molecule has 0 radical (unpaired) electrons. The molecule has 0 bridgehead atoms. The minimum Gasteiger partial charge on any atom is -0.490 e. The maximum Gasteiger partial charge on any atom is 0.252 e. The molecule has 5 nitrogen and oxygen atoms in total. The van der Waals surface area contributed by atoms with Gasteiger partial charge >= 0.3 is 0 Å². The molecule has 0 unspecified atom stereocenters. The lowest BCUT2D eigenvalue weighted by atomic mass is 10.1. The van der Waals surface area contributed by atoms with Gasteiger partial charge in [0.15, 0.2) is 0 Å². The molecule has 1 aromatic heterocycles. The molecule has 0 atom stereocenters. The first kappa shape index (κ1) is 24.1. The van der Waals surface area contributed by atoms with E-state index in [0.717, 1.165) is 42.5 Å². The zero-order valence-corrected chi connectivity index (χ0v) is 20.4. The number of carbonyl (C=O) groups is 1. The normalized spacial score (nSPS) is 11.0. The fourth-order valence-electron chi connectivity index (χ4n) is 3.90. The van der Waals surface area contributed by atoms with Crippen LogP contribution in [0.25, 0.3) is 11.0 Å². The fraction of sp³-hybridized carbons (Fsp3) is 0.259. The van der Waals surface area contributed by atoms with Crippen molar-refractivity contribution in [1.29, 1.82) is 0 Å². The second kappa shape index (κ2) is 11.9. The molecule has 1 N–H and O–H groups in total. The summed E-state index contributed by atoms with van der Waals surface area (Å²) in [5.74, 6) is 1.60. The van der Waals surface area contributed by atoms with Gasteiger partial charge in [-0.15, -0.1) is 0 Å². The highest BCUT2D eigenvalue weighted by Gasteiger charge is 2.11. The second-order valence-electron chi connectivity index (χ2n) is 7.99. The number of nitrogens with one attached hydrogen (secondary N) is 1. The zero-order valence-electron chi connectivity index (χ0n) is 18.8. The number of carbonyl (C=O) groups excluding carboxylic acids is 1. The molecule has 0 saturated heterocycles. The number of ether oxygens (including phenoxy) is 1. The third-order valence-corrected chi connectivity index (χ3v) is 6.27. The van der Waals surface area contributed by atoms with Crippen molar-refractivity contribution in [2.24, 2.45) is 0 Å². The van der Waals surface area contributed by atoms with Crippen molar-refractivity contribution in [2.75, 3.05) is 13.2 Å². The van der Waals surface area contributed by atoms with Crippen molar-refractivity contribution in [3.63, 3.8) is 0 Å².